The van der Waals surface area contributed by atoms with Gasteiger partial charge in [0.2, 0.25) is 0 Å². The van der Waals surface area contributed by atoms with Gasteiger partial charge in [0.25, 0.3) is 0 Å². The third-order valence-corrected chi connectivity index (χ3v) is 2.90. The lowest BCUT2D eigenvalue weighted by Gasteiger charge is -1.98. The van der Waals surface area contributed by atoms with Crippen LogP contribution in [0, 0.1) is 18.3 Å². The van der Waals surface area contributed by atoms with Gasteiger partial charge in [-0.05, 0) is 24.6 Å². The molecule has 56 valence electrons. The first kappa shape index (κ1) is 8.03. The zero-order chi connectivity index (χ0) is 8.27. The molecular formula is C9H11NSi. The van der Waals surface area contributed by atoms with Crippen molar-refractivity contribution in [1.82, 2.24) is 0 Å². The van der Waals surface area contributed by atoms with Crippen LogP contribution in [0.5, 0.6) is 0 Å². The third-order valence-electron chi connectivity index (χ3n) is 1.67. The zero-order valence-electron chi connectivity index (χ0n) is 6.89. The molecule has 1 aromatic carbocycles. The number of nitrogens with zero attached hydrogens (tertiary/aromatic N) is 1. The summed E-state index contributed by atoms with van der Waals surface area (Å²) in [6.45, 7) is 4.27. The predicted molar refractivity (Wildman–Crippen MR) is 49.9 cm³/mol. The number of rotatable bonds is 1. The van der Waals surface area contributed by atoms with E-state index in [1.807, 2.05) is 19.1 Å². The molecule has 0 spiro atoms. The average Bonchev–Trinajstić information content (AvgIpc) is 2.03. The van der Waals surface area contributed by atoms with Crippen molar-refractivity contribution >= 4 is 14.7 Å². The van der Waals surface area contributed by atoms with Crippen LogP contribution in [0.2, 0.25) is 6.55 Å². The Labute approximate surface area is 69.5 Å². The first-order valence-electron chi connectivity index (χ1n) is 3.77. The second kappa shape index (κ2) is 3.36. The van der Waals surface area contributed by atoms with Crippen molar-refractivity contribution in [2.24, 2.45) is 0 Å². The van der Waals surface area contributed by atoms with E-state index >= 15 is 0 Å². The highest BCUT2D eigenvalue weighted by molar-refractivity contribution is 6.51. The minimum Gasteiger partial charge on any atom is -0.192 e. The molecule has 0 bridgehead atoms. The molecule has 1 nitrogen and oxygen atoms in total. The summed E-state index contributed by atoms with van der Waals surface area (Å²) in [5.41, 5.74) is 2.00. The topological polar surface area (TPSA) is 23.8 Å². The molecule has 11 heavy (non-hydrogen) atoms. The standard InChI is InChI=1S/C9H11NSi/c1-7-3-8(6-10)5-9(4-7)11-2/h3-5H,11H2,1-2H3. The number of nitriles is 1. The van der Waals surface area contributed by atoms with E-state index < -0.39 is 0 Å². The van der Waals surface area contributed by atoms with E-state index in [9.17, 15) is 0 Å². The fourth-order valence-electron chi connectivity index (χ4n) is 1.13. The smallest absolute Gasteiger partial charge is 0.0991 e. The highest BCUT2D eigenvalue weighted by Crippen LogP contribution is 1.99. The highest BCUT2D eigenvalue weighted by Gasteiger charge is 1.94. The van der Waals surface area contributed by atoms with Gasteiger partial charge in [0.15, 0.2) is 0 Å². The normalized spacial score (nSPS) is 10.3. The Kier molecular flexibility index (Phi) is 2.45. The lowest BCUT2D eigenvalue weighted by Crippen LogP contribution is -2.10. The molecule has 0 amide bonds. The van der Waals surface area contributed by atoms with E-state index in [2.05, 4.69) is 18.7 Å². The fourth-order valence-corrected chi connectivity index (χ4v) is 2.08. The summed E-state index contributed by atoms with van der Waals surface area (Å²) in [6, 6.07) is 8.26. The molecule has 0 atom stereocenters. The minimum absolute atomic E-state index is 0.112. The van der Waals surface area contributed by atoms with Gasteiger partial charge in [-0.15, -0.1) is 0 Å². The maximum atomic E-state index is 8.65. The minimum atomic E-state index is -0.112. The SMILES string of the molecule is C[SiH2]c1cc(C)cc(C#N)c1. The van der Waals surface area contributed by atoms with Crippen LogP contribution in [0.25, 0.3) is 0 Å². The van der Waals surface area contributed by atoms with E-state index in [4.69, 9.17) is 5.26 Å². The maximum Gasteiger partial charge on any atom is 0.0991 e. The lowest BCUT2D eigenvalue weighted by atomic mass is 10.2. The number of aryl methyl sites for hydroxylation is 1. The van der Waals surface area contributed by atoms with Crippen molar-refractivity contribution in [3.8, 4) is 6.07 Å². The molecule has 0 radical (unpaired) electrons. The summed E-state index contributed by atoms with van der Waals surface area (Å²) in [7, 11) is -0.112. The van der Waals surface area contributed by atoms with Gasteiger partial charge in [0, 0.05) is 0 Å². The summed E-state index contributed by atoms with van der Waals surface area (Å²) in [4.78, 5) is 0. The van der Waals surface area contributed by atoms with E-state index in [-0.39, 0.29) is 9.52 Å². The average molecular weight is 161 g/mol. The van der Waals surface area contributed by atoms with Crippen LogP contribution in [0.1, 0.15) is 11.1 Å². The van der Waals surface area contributed by atoms with Gasteiger partial charge in [0.05, 0.1) is 21.2 Å². The molecule has 0 aliphatic heterocycles. The Morgan fingerprint density at radius 1 is 1.36 bits per heavy atom. The Bertz CT molecular complexity index is 299. The Balaban J connectivity index is 3.15. The molecule has 0 N–H and O–H groups in total. The first-order valence-corrected chi connectivity index (χ1v) is 5.89. The maximum absolute atomic E-state index is 8.65. The summed E-state index contributed by atoms with van der Waals surface area (Å²) < 4.78 is 0. The van der Waals surface area contributed by atoms with Crippen molar-refractivity contribution in [3.63, 3.8) is 0 Å². The van der Waals surface area contributed by atoms with Crippen LogP contribution in [-0.4, -0.2) is 9.52 Å². The van der Waals surface area contributed by atoms with Gasteiger partial charge in [0.1, 0.15) is 0 Å². The van der Waals surface area contributed by atoms with E-state index in [1.54, 1.807) is 0 Å². The van der Waals surface area contributed by atoms with Crippen LogP contribution in [-0.2, 0) is 0 Å². The highest BCUT2D eigenvalue weighted by atomic mass is 28.2. The van der Waals surface area contributed by atoms with Crippen molar-refractivity contribution in [1.29, 1.82) is 5.26 Å². The van der Waals surface area contributed by atoms with Gasteiger partial charge in [-0.1, -0.05) is 17.8 Å². The predicted octanol–water partition coefficient (Wildman–Crippen LogP) is 0.709. The van der Waals surface area contributed by atoms with E-state index in [0.29, 0.717) is 0 Å². The van der Waals surface area contributed by atoms with Crippen LogP contribution >= 0.6 is 0 Å². The largest absolute Gasteiger partial charge is 0.192 e. The monoisotopic (exact) mass is 161 g/mol. The second-order valence-corrected chi connectivity index (χ2v) is 4.20. The number of hydrogen-bond donors (Lipinski definition) is 0. The molecule has 0 aromatic heterocycles. The van der Waals surface area contributed by atoms with Gasteiger partial charge in [-0.2, -0.15) is 5.26 Å². The van der Waals surface area contributed by atoms with Crippen molar-refractivity contribution in [2.75, 3.05) is 0 Å². The van der Waals surface area contributed by atoms with Crippen molar-refractivity contribution in [3.05, 3.63) is 29.3 Å². The van der Waals surface area contributed by atoms with Crippen LogP contribution < -0.4 is 5.19 Å². The molecule has 0 heterocycles. The van der Waals surface area contributed by atoms with Gasteiger partial charge >= 0.3 is 0 Å². The number of benzene rings is 1. The molecule has 2 heteroatoms. The second-order valence-electron chi connectivity index (χ2n) is 2.67. The third kappa shape index (κ3) is 1.92. The Morgan fingerprint density at radius 2 is 2.09 bits per heavy atom. The Morgan fingerprint density at radius 3 is 2.64 bits per heavy atom. The van der Waals surface area contributed by atoms with Crippen LogP contribution in [0.15, 0.2) is 18.2 Å². The summed E-state index contributed by atoms with van der Waals surface area (Å²) >= 11 is 0. The van der Waals surface area contributed by atoms with Gasteiger partial charge < -0.3 is 0 Å². The summed E-state index contributed by atoms with van der Waals surface area (Å²) in [5.74, 6) is 0. The molecular weight excluding hydrogens is 150 g/mol. The number of hydrogen-bond acceptors (Lipinski definition) is 1. The zero-order valence-corrected chi connectivity index (χ0v) is 8.30. The first-order chi connectivity index (χ1) is 5.26. The van der Waals surface area contributed by atoms with Crippen molar-refractivity contribution in [2.45, 2.75) is 13.5 Å². The van der Waals surface area contributed by atoms with Crippen LogP contribution in [0.4, 0.5) is 0 Å². The van der Waals surface area contributed by atoms with Crippen molar-refractivity contribution < 1.29 is 0 Å². The van der Waals surface area contributed by atoms with Gasteiger partial charge in [-0.3, -0.25) is 0 Å². The lowest BCUT2D eigenvalue weighted by molar-refractivity contribution is 1.44. The quantitative estimate of drug-likeness (QED) is 0.556. The molecule has 0 saturated carbocycles. The summed E-state index contributed by atoms with van der Waals surface area (Å²) in [6.07, 6.45) is 0. The van der Waals surface area contributed by atoms with Gasteiger partial charge in [-0.25, -0.2) is 0 Å². The molecule has 1 rings (SSSR count). The molecule has 1 aromatic rings. The van der Waals surface area contributed by atoms with Crippen LogP contribution in [0.3, 0.4) is 0 Å². The van der Waals surface area contributed by atoms with E-state index in [1.165, 1.54) is 10.8 Å². The molecule has 0 saturated heterocycles. The summed E-state index contributed by atoms with van der Waals surface area (Å²) in [5, 5.41) is 10.0. The molecule has 0 aliphatic carbocycles. The molecule has 0 fully saturated rings. The molecule has 0 unspecified atom stereocenters. The fraction of sp³-hybridized carbons (Fsp3) is 0.222. The Hall–Kier alpha value is -1.07. The van der Waals surface area contributed by atoms with E-state index in [0.717, 1.165) is 5.56 Å². The molecule has 0 aliphatic rings.